The highest BCUT2D eigenvalue weighted by Gasteiger charge is 2.05. The van der Waals surface area contributed by atoms with Crippen LogP contribution in [0.4, 0.5) is 0 Å². The summed E-state index contributed by atoms with van der Waals surface area (Å²) >= 11 is 0. The van der Waals surface area contributed by atoms with Crippen LogP contribution < -0.4 is 5.32 Å². The maximum Gasteiger partial charge on any atom is 0.313 e. The van der Waals surface area contributed by atoms with Gasteiger partial charge in [-0.1, -0.05) is 30.3 Å². The van der Waals surface area contributed by atoms with Crippen molar-refractivity contribution in [1.82, 2.24) is 5.32 Å². The Balaban J connectivity index is 1.99. The van der Waals surface area contributed by atoms with Crippen molar-refractivity contribution in [3.05, 3.63) is 35.9 Å². The summed E-state index contributed by atoms with van der Waals surface area (Å²) in [5.41, 5.74) is 1.28. The number of ether oxygens (including phenoxy) is 1. The molecule has 0 saturated heterocycles. The van der Waals surface area contributed by atoms with Gasteiger partial charge in [0, 0.05) is 6.54 Å². The normalized spacial score (nSPS) is 10.1. The van der Waals surface area contributed by atoms with Gasteiger partial charge < -0.3 is 10.1 Å². The van der Waals surface area contributed by atoms with E-state index >= 15 is 0 Å². The van der Waals surface area contributed by atoms with Gasteiger partial charge in [-0.2, -0.15) is 0 Å². The Kier molecular flexibility index (Phi) is 6.72. The van der Waals surface area contributed by atoms with E-state index in [0.29, 0.717) is 13.2 Å². The number of esters is 1. The predicted molar refractivity (Wildman–Crippen MR) is 69.3 cm³/mol. The molecule has 4 nitrogen and oxygen atoms in total. The summed E-state index contributed by atoms with van der Waals surface area (Å²) in [6.07, 6.45) is 0.812. The summed E-state index contributed by atoms with van der Waals surface area (Å²) in [7, 11) is 0. The van der Waals surface area contributed by atoms with Gasteiger partial charge in [0.1, 0.15) is 18.8 Å². The van der Waals surface area contributed by atoms with Gasteiger partial charge in [-0.3, -0.25) is 9.59 Å². The molecule has 0 saturated carbocycles. The van der Waals surface area contributed by atoms with Gasteiger partial charge in [-0.05, 0) is 25.5 Å². The van der Waals surface area contributed by atoms with Gasteiger partial charge in [0.2, 0.25) is 0 Å². The van der Waals surface area contributed by atoms with Crippen LogP contribution in [0, 0.1) is 0 Å². The Bertz CT molecular complexity index is 376. The summed E-state index contributed by atoms with van der Waals surface area (Å²) in [6, 6.07) is 10.2. The quantitative estimate of drug-likeness (QED) is 0.429. The average molecular weight is 249 g/mol. The van der Waals surface area contributed by atoms with Crippen LogP contribution in [0.1, 0.15) is 18.9 Å². The molecule has 4 heteroatoms. The molecular weight excluding hydrogens is 230 g/mol. The van der Waals surface area contributed by atoms with Gasteiger partial charge in [-0.15, -0.1) is 0 Å². The van der Waals surface area contributed by atoms with Crippen molar-refractivity contribution in [2.45, 2.75) is 19.8 Å². The number of hydrogen-bond acceptors (Lipinski definition) is 4. The van der Waals surface area contributed by atoms with Crippen molar-refractivity contribution < 1.29 is 14.3 Å². The largest absolute Gasteiger partial charge is 0.464 e. The highest BCUT2D eigenvalue weighted by Crippen LogP contribution is 1.97. The maximum absolute atomic E-state index is 11.0. The van der Waals surface area contributed by atoms with Gasteiger partial charge in [0.25, 0.3) is 0 Å². The minimum absolute atomic E-state index is 0.135. The smallest absolute Gasteiger partial charge is 0.313 e. The number of carbonyl (C=O) groups is 2. The molecule has 0 aliphatic carbocycles. The number of rotatable bonds is 8. The molecule has 0 atom stereocenters. The van der Waals surface area contributed by atoms with E-state index in [9.17, 15) is 9.59 Å². The van der Waals surface area contributed by atoms with Crippen molar-refractivity contribution in [3.63, 3.8) is 0 Å². The molecule has 0 radical (unpaired) electrons. The van der Waals surface area contributed by atoms with E-state index in [4.69, 9.17) is 4.74 Å². The third kappa shape index (κ3) is 6.81. The lowest BCUT2D eigenvalue weighted by Crippen LogP contribution is -2.24. The van der Waals surface area contributed by atoms with Gasteiger partial charge in [0.05, 0.1) is 0 Å². The predicted octanol–water partition coefficient (Wildman–Crippen LogP) is 1.34. The van der Waals surface area contributed by atoms with Crippen molar-refractivity contribution in [3.8, 4) is 0 Å². The Morgan fingerprint density at radius 3 is 2.56 bits per heavy atom. The maximum atomic E-state index is 11.0. The van der Waals surface area contributed by atoms with Crippen LogP contribution in [0.2, 0.25) is 0 Å². The fourth-order valence-electron chi connectivity index (χ4n) is 1.49. The summed E-state index contributed by atoms with van der Waals surface area (Å²) < 4.78 is 4.88. The van der Waals surface area contributed by atoms with E-state index in [1.165, 1.54) is 12.5 Å². The lowest BCUT2D eigenvalue weighted by Gasteiger charge is -2.06. The first-order valence-corrected chi connectivity index (χ1v) is 6.08. The molecule has 0 heterocycles. The van der Waals surface area contributed by atoms with E-state index in [1.54, 1.807) is 0 Å². The second-order valence-corrected chi connectivity index (χ2v) is 4.08. The van der Waals surface area contributed by atoms with E-state index in [0.717, 1.165) is 13.0 Å². The highest BCUT2D eigenvalue weighted by atomic mass is 16.5. The van der Waals surface area contributed by atoms with Crippen molar-refractivity contribution >= 4 is 11.8 Å². The van der Waals surface area contributed by atoms with E-state index in [2.05, 4.69) is 17.4 Å². The topological polar surface area (TPSA) is 55.4 Å². The number of nitrogens with one attached hydrogen (secondary N) is 1. The molecule has 0 aromatic heterocycles. The number of benzene rings is 1. The molecule has 0 fully saturated rings. The molecule has 0 amide bonds. The lowest BCUT2D eigenvalue weighted by atomic mass is 10.1. The minimum atomic E-state index is -0.452. The van der Waals surface area contributed by atoms with Crippen molar-refractivity contribution in [1.29, 1.82) is 0 Å². The third-order valence-electron chi connectivity index (χ3n) is 2.37. The van der Waals surface area contributed by atoms with Crippen LogP contribution in [0.5, 0.6) is 0 Å². The standard InChI is InChI=1S/C14H19NO3/c1-12(16)11-14(17)18-10-9-15-8-7-13-5-3-2-4-6-13/h2-6,15H,7-11H2,1H3. The molecule has 1 rings (SSSR count). The van der Waals surface area contributed by atoms with E-state index in [1.807, 2.05) is 18.2 Å². The van der Waals surface area contributed by atoms with Crippen LogP contribution >= 0.6 is 0 Å². The fraction of sp³-hybridized carbons (Fsp3) is 0.429. The molecule has 1 aromatic rings. The highest BCUT2D eigenvalue weighted by molar-refractivity contribution is 5.94. The molecule has 18 heavy (non-hydrogen) atoms. The first-order valence-electron chi connectivity index (χ1n) is 6.08. The third-order valence-corrected chi connectivity index (χ3v) is 2.37. The second kappa shape index (κ2) is 8.42. The van der Waals surface area contributed by atoms with Gasteiger partial charge >= 0.3 is 5.97 Å². The molecule has 1 N–H and O–H groups in total. The molecule has 98 valence electrons. The molecule has 0 spiro atoms. The molecular formula is C14H19NO3. The number of carbonyl (C=O) groups excluding carboxylic acids is 2. The summed E-state index contributed by atoms with van der Waals surface area (Å²) in [4.78, 5) is 21.7. The number of hydrogen-bond donors (Lipinski definition) is 1. The van der Waals surface area contributed by atoms with Gasteiger partial charge in [-0.25, -0.2) is 0 Å². The summed E-state index contributed by atoms with van der Waals surface area (Å²) in [6.45, 7) is 3.13. The zero-order valence-electron chi connectivity index (χ0n) is 10.6. The van der Waals surface area contributed by atoms with Crippen LogP contribution in [0.25, 0.3) is 0 Å². The lowest BCUT2D eigenvalue weighted by molar-refractivity contribution is -0.145. The fourth-order valence-corrected chi connectivity index (χ4v) is 1.49. The van der Waals surface area contributed by atoms with Crippen LogP contribution in [-0.2, 0) is 20.7 Å². The average Bonchev–Trinajstić information content (AvgIpc) is 2.34. The number of Topliss-reactive ketones (excluding diaryl/α,β-unsaturated/α-hetero) is 1. The Hall–Kier alpha value is -1.68. The first kappa shape index (κ1) is 14.4. The molecule has 0 unspecified atom stereocenters. The Morgan fingerprint density at radius 1 is 1.17 bits per heavy atom. The molecule has 1 aromatic carbocycles. The zero-order chi connectivity index (χ0) is 13.2. The summed E-state index contributed by atoms with van der Waals surface area (Å²) in [5, 5.41) is 3.18. The monoisotopic (exact) mass is 249 g/mol. The Morgan fingerprint density at radius 2 is 1.89 bits per heavy atom. The van der Waals surface area contributed by atoms with E-state index in [-0.39, 0.29) is 12.2 Å². The van der Waals surface area contributed by atoms with Crippen LogP contribution in [0.15, 0.2) is 30.3 Å². The molecule has 0 aliphatic rings. The molecule has 0 bridgehead atoms. The Labute approximate surface area is 107 Å². The van der Waals surface area contributed by atoms with Crippen LogP contribution in [-0.4, -0.2) is 31.4 Å². The van der Waals surface area contributed by atoms with Crippen LogP contribution in [0.3, 0.4) is 0 Å². The van der Waals surface area contributed by atoms with Gasteiger partial charge in [0.15, 0.2) is 0 Å². The van der Waals surface area contributed by atoms with E-state index < -0.39 is 5.97 Å². The molecule has 0 aliphatic heterocycles. The zero-order valence-corrected chi connectivity index (χ0v) is 10.6. The SMILES string of the molecule is CC(=O)CC(=O)OCCNCCc1ccccc1. The number of ketones is 1. The second-order valence-electron chi connectivity index (χ2n) is 4.08. The minimum Gasteiger partial charge on any atom is -0.464 e. The summed E-state index contributed by atoms with van der Waals surface area (Å²) in [5.74, 6) is -0.621. The van der Waals surface area contributed by atoms with Crippen molar-refractivity contribution in [2.75, 3.05) is 19.7 Å². The first-order chi connectivity index (χ1) is 8.68. The van der Waals surface area contributed by atoms with Crippen molar-refractivity contribution in [2.24, 2.45) is 0 Å².